The molecule has 2 aromatic heterocycles. The molecule has 3 rings (SSSR count). The molecule has 2 aromatic rings. The van der Waals surface area contributed by atoms with Crippen molar-refractivity contribution in [3.05, 3.63) is 30.1 Å². The van der Waals surface area contributed by atoms with E-state index >= 15 is 0 Å². The van der Waals surface area contributed by atoms with Crippen molar-refractivity contribution in [2.24, 2.45) is 0 Å². The zero-order valence-electron chi connectivity index (χ0n) is 13.0. The minimum absolute atomic E-state index is 0.120. The van der Waals surface area contributed by atoms with Gasteiger partial charge in [-0.25, -0.2) is 0 Å². The Bertz CT molecular complexity index is 661. The Morgan fingerprint density at radius 1 is 1.36 bits per heavy atom. The van der Waals surface area contributed by atoms with Crippen LogP contribution in [0.25, 0.3) is 11.3 Å². The van der Waals surface area contributed by atoms with E-state index < -0.39 is 0 Å². The molecule has 1 fully saturated rings. The SMILES string of the molecule is Cc1cc(N[C@@H]2CCCN(C)C2)nnc1-c1ccncc1O. The first kappa shape index (κ1) is 14.7. The van der Waals surface area contributed by atoms with Crippen LogP contribution in [0.2, 0.25) is 0 Å². The molecule has 22 heavy (non-hydrogen) atoms. The minimum atomic E-state index is 0.120. The van der Waals surface area contributed by atoms with E-state index in [0.29, 0.717) is 17.3 Å². The molecule has 6 heteroatoms. The Balaban J connectivity index is 1.79. The Morgan fingerprint density at radius 3 is 2.95 bits per heavy atom. The molecule has 0 amide bonds. The number of aromatic nitrogens is 3. The second-order valence-corrected chi connectivity index (χ2v) is 5.90. The number of likely N-dealkylation sites (N-methyl/N-ethyl adjacent to an activating group) is 1. The number of hydrogen-bond acceptors (Lipinski definition) is 6. The molecule has 1 aliphatic heterocycles. The first-order valence-corrected chi connectivity index (χ1v) is 7.56. The number of hydrogen-bond donors (Lipinski definition) is 2. The predicted molar refractivity (Wildman–Crippen MR) is 85.8 cm³/mol. The van der Waals surface area contributed by atoms with Crippen molar-refractivity contribution in [1.82, 2.24) is 20.1 Å². The highest BCUT2D eigenvalue weighted by molar-refractivity contribution is 5.69. The summed E-state index contributed by atoms with van der Waals surface area (Å²) in [6, 6.07) is 4.14. The average molecular weight is 299 g/mol. The van der Waals surface area contributed by atoms with Gasteiger partial charge in [0.25, 0.3) is 0 Å². The summed E-state index contributed by atoms with van der Waals surface area (Å²) in [5.41, 5.74) is 2.32. The number of piperidine rings is 1. The van der Waals surface area contributed by atoms with Crippen LogP contribution in [-0.4, -0.2) is 51.4 Å². The van der Waals surface area contributed by atoms with Gasteiger partial charge in [0.05, 0.1) is 11.9 Å². The van der Waals surface area contributed by atoms with Crippen LogP contribution in [-0.2, 0) is 0 Å². The number of anilines is 1. The van der Waals surface area contributed by atoms with E-state index in [1.165, 1.54) is 12.6 Å². The van der Waals surface area contributed by atoms with Crippen molar-refractivity contribution in [2.45, 2.75) is 25.8 Å². The number of likely N-dealkylation sites (tertiary alicyclic amines) is 1. The number of aromatic hydroxyl groups is 1. The summed E-state index contributed by atoms with van der Waals surface area (Å²) < 4.78 is 0. The number of nitrogens with one attached hydrogen (secondary N) is 1. The van der Waals surface area contributed by atoms with Gasteiger partial charge in [-0.3, -0.25) is 4.98 Å². The molecular formula is C16H21N5O. The van der Waals surface area contributed by atoms with Gasteiger partial charge in [-0.1, -0.05) is 0 Å². The fraction of sp³-hybridized carbons (Fsp3) is 0.438. The van der Waals surface area contributed by atoms with E-state index in [9.17, 15) is 5.11 Å². The van der Waals surface area contributed by atoms with Crippen molar-refractivity contribution >= 4 is 5.82 Å². The second kappa shape index (κ2) is 6.27. The zero-order chi connectivity index (χ0) is 15.5. The van der Waals surface area contributed by atoms with Gasteiger partial charge in [0, 0.05) is 24.3 Å². The summed E-state index contributed by atoms with van der Waals surface area (Å²) in [6.07, 6.45) is 5.40. The van der Waals surface area contributed by atoms with Gasteiger partial charge in [0.15, 0.2) is 0 Å². The molecule has 0 saturated carbocycles. The number of pyridine rings is 1. The highest BCUT2D eigenvalue weighted by Gasteiger charge is 2.18. The van der Waals surface area contributed by atoms with Crippen LogP contribution >= 0.6 is 0 Å². The Morgan fingerprint density at radius 2 is 2.23 bits per heavy atom. The maximum atomic E-state index is 9.90. The Kier molecular flexibility index (Phi) is 4.20. The molecule has 0 aliphatic carbocycles. The van der Waals surface area contributed by atoms with Crippen molar-refractivity contribution < 1.29 is 5.11 Å². The summed E-state index contributed by atoms with van der Waals surface area (Å²) in [5, 5.41) is 21.9. The molecule has 3 heterocycles. The van der Waals surface area contributed by atoms with E-state index in [2.05, 4.69) is 32.4 Å². The highest BCUT2D eigenvalue weighted by Crippen LogP contribution is 2.29. The summed E-state index contributed by atoms with van der Waals surface area (Å²) in [7, 11) is 2.14. The van der Waals surface area contributed by atoms with Crippen molar-refractivity contribution in [3.8, 4) is 17.0 Å². The van der Waals surface area contributed by atoms with Crippen LogP contribution in [0.3, 0.4) is 0 Å². The van der Waals surface area contributed by atoms with Gasteiger partial charge in [-0.05, 0) is 51.1 Å². The molecule has 0 spiro atoms. The molecule has 6 nitrogen and oxygen atoms in total. The molecule has 0 bridgehead atoms. The standard InChI is InChI=1S/C16H21N5O/c1-11-8-15(18-12-4-3-7-21(2)10-12)19-20-16(11)13-5-6-17-9-14(13)22/h5-6,8-9,12,22H,3-4,7,10H2,1-2H3,(H,18,19)/t12-/m1/s1. The van der Waals surface area contributed by atoms with Gasteiger partial charge in [0.1, 0.15) is 11.6 Å². The predicted octanol–water partition coefficient (Wildman–Crippen LogP) is 2.06. The zero-order valence-corrected chi connectivity index (χ0v) is 13.0. The molecule has 1 saturated heterocycles. The van der Waals surface area contributed by atoms with Gasteiger partial charge >= 0.3 is 0 Å². The lowest BCUT2D eigenvalue weighted by atomic mass is 10.1. The summed E-state index contributed by atoms with van der Waals surface area (Å²) in [5.74, 6) is 0.907. The van der Waals surface area contributed by atoms with Crippen molar-refractivity contribution in [1.29, 1.82) is 0 Å². The van der Waals surface area contributed by atoms with E-state index in [4.69, 9.17) is 0 Å². The summed E-state index contributed by atoms with van der Waals surface area (Å²) in [6.45, 7) is 4.15. The first-order valence-electron chi connectivity index (χ1n) is 7.56. The highest BCUT2D eigenvalue weighted by atomic mass is 16.3. The normalized spacial score (nSPS) is 19.1. The molecule has 1 aliphatic rings. The Labute approximate surface area is 130 Å². The molecular weight excluding hydrogens is 278 g/mol. The third kappa shape index (κ3) is 3.17. The monoisotopic (exact) mass is 299 g/mol. The molecule has 0 radical (unpaired) electrons. The van der Waals surface area contributed by atoms with Crippen LogP contribution in [0.15, 0.2) is 24.5 Å². The molecule has 116 valence electrons. The largest absolute Gasteiger partial charge is 0.506 e. The maximum Gasteiger partial charge on any atom is 0.149 e. The number of nitrogens with zero attached hydrogens (tertiary/aromatic N) is 4. The lowest BCUT2D eigenvalue weighted by molar-refractivity contribution is 0.260. The fourth-order valence-electron chi connectivity index (χ4n) is 2.90. The van der Waals surface area contributed by atoms with Crippen LogP contribution in [0.1, 0.15) is 18.4 Å². The van der Waals surface area contributed by atoms with E-state index in [1.807, 2.05) is 13.0 Å². The quantitative estimate of drug-likeness (QED) is 0.903. The minimum Gasteiger partial charge on any atom is -0.506 e. The maximum absolute atomic E-state index is 9.90. The Hall–Kier alpha value is -2.21. The van der Waals surface area contributed by atoms with Crippen LogP contribution in [0.4, 0.5) is 5.82 Å². The van der Waals surface area contributed by atoms with Gasteiger partial charge < -0.3 is 15.3 Å². The third-order valence-electron chi connectivity index (χ3n) is 4.02. The molecule has 2 N–H and O–H groups in total. The van der Waals surface area contributed by atoms with Crippen LogP contribution in [0, 0.1) is 6.92 Å². The average Bonchev–Trinajstić information content (AvgIpc) is 2.49. The lowest BCUT2D eigenvalue weighted by Gasteiger charge is -2.30. The molecule has 1 atom stereocenters. The summed E-state index contributed by atoms with van der Waals surface area (Å²) >= 11 is 0. The number of aryl methyl sites for hydroxylation is 1. The number of rotatable bonds is 3. The van der Waals surface area contributed by atoms with E-state index in [-0.39, 0.29) is 5.75 Å². The van der Waals surface area contributed by atoms with Crippen LogP contribution in [0.5, 0.6) is 5.75 Å². The molecule has 0 aromatic carbocycles. The van der Waals surface area contributed by atoms with E-state index in [1.54, 1.807) is 12.3 Å². The van der Waals surface area contributed by atoms with Crippen LogP contribution < -0.4 is 5.32 Å². The van der Waals surface area contributed by atoms with Crippen molar-refractivity contribution in [3.63, 3.8) is 0 Å². The second-order valence-electron chi connectivity index (χ2n) is 5.90. The lowest BCUT2D eigenvalue weighted by Crippen LogP contribution is -2.39. The van der Waals surface area contributed by atoms with E-state index in [0.717, 1.165) is 30.9 Å². The third-order valence-corrected chi connectivity index (χ3v) is 4.02. The van der Waals surface area contributed by atoms with Gasteiger partial charge in [0.2, 0.25) is 0 Å². The van der Waals surface area contributed by atoms with Gasteiger partial charge in [-0.15, -0.1) is 10.2 Å². The smallest absolute Gasteiger partial charge is 0.149 e. The van der Waals surface area contributed by atoms with Gasteiger partial charge in [-0.2, -0.15) is 0 Å². The topological polar surface area (TPSA) is 74.2 Å². The molecule has 0 unspecified atom stereocenters. The fourth-order valence-corrected chi connectivity index (χ4v) is 2.90. The summed E-state index contributed by atoms with van der Waals surface area (Å²) in [4.78, 5) is 6.21. The van der Waals surface area contributed by atoms with Crippen molar-refractivity contribution in [2.75, 3.05) is 25.5 Å². The first-order chi connectivity index (χ1) is 10.6.